The maximum absolute atomic E-state index is 14.0. The summed E-state index contributed by atoms with van der Waals surface area (Å²) < 4.78 is 25.8. The van der Waals surface area contributed by atoms with Gasteiger partial charge in [0.25, 0.3) is 5.91 Å². The summed E-state index contributed by atoms with van der Waals surface area (Å²) in [6, 6.07) is 8.10. The van der Waals surface area contributed by atoms with Crippen LogP contribution in [0.2, 0.25) is 0 Å². The number of rotatable bonds is 5. The monoisotopic (exact) mass is 435 g/mol. The molecule has 4 rings (SSSR count). The Labute approximate surface area is 176 Å². The summed E-state index contributed by atoms with van der Waals surface area (Å²) in [6.45, 7) is 2.90. The van der Waals surface area contributed by atoms with Crippen LogP contribution < -0.4 is 15.0 Å². The highest BCUT2D eigenvalue weighted by atomic mass is 35.5. The fraction of sp³-hybridized carbons (Fsp3) is 0.300. The van der Waals surface area contributed by atoms with Crippen molar-refractivity contribution >= 4 is 49.9 Å². The van der Waals surface area contributed by atoms with Crippen LogP contribution >= 0.6 is 22.9 Å². The Bertz CT molecular complexity index is 1050. The topological polar surface area (TPSA) is 63.7 Å². The predicted octanol–water partition coefficient (Wildman–Crippen LogP) is 4.27. The van der Waals surface area contributed by atoms with Gasteiger partial charge in [-0.05, 0) is 24.3 Å². The number of anilines is 2. The smallest absolute Gasteiger partial charge is 0.257 e. The zero-order valence-corrected chi connectivity index (χ0v) is 17.3. The molecule has 2 heterocycles. The molecular formula is C20H19ClFN3O3S. The molecule has 2 aromatic carbocycles. The maximum Gasteiger partial charge on any atom is 0.257 e. The van der Waals surface area contributed by atoms with Crippen molar-refractivity contribution in [1.82, 2.24) is 4.98 Å². The predicted molar refractivity (Wildman–Crippen MR) is 113 cm³/mol. The molecular weight excluding hydrogens is 417 g/mol. The van der Waals surface area contributed by atoms with E-state index in [0.717, 1.165) is 23.5 Å². The van der Waals surface area contributed by atoms with E-state index in [4.69, 9.17) is 21.1 Å². The third-order valence-electron chi connectivity index (χ3n) is 4.74. The number of alkyl halides is 1. The van der Waals surface area contributed by atoms with Crippen LogP contribution in [0.15, 0.2) is 30.3 Å². The minimum Gasteiger partial charge on any atom is -0.494 e. The number of morpholine rings is 1. The van der Waals surface area contributed by atoms with Gasteiger partial charge < -0.3 is 14.4 Å². The van der Waals surface area contributed by atoms with E-state index in [2.05, 4.69) is 15.2 Å². The van der Waals surface area contributed by atoms with Crippen molar-refractivity contribution in [3.8, 4) is 5.75 Å². The van der Waals surface area contributed by atoms with Gasteiger partial charge in [0.1, 0.15) is 17.1 Å². The van der Waals surface area contributed by atoms with Gasteiger partial charge in [-0.3, -0.25) is 10.1 Å². The molecule has 1 fully saturated rings. The number of hydrogen-bond donors (Lipinski definition) is 1. The van der Waals surface area contributed by atoms with Crippen LogP contribution in [0.5, 0.6) is 5.75 Å². The lowest BCUT2D eigenvalue weighted by atomic mass is 10.1. The zero-order chi connectivity index (χ0) is 20.4. The summed E-state index contributed by atoms with van der Waals surface area (Å²) in [4.78, 5) is 19.4. The molecule has 0 unspecified atom stereocenters. The highest BCUT2D eigenvalue weighted by molar-refractivity contribution is 7.23. The lowest BCUT2D eigenvalue weighted by Gasteiger charge is -2.29. The number of methoxy groups -OCH3 is 1. The van der Waals surface area contributed by atoms with E-state index in [-0.39, 0.29) is 11.4 Å². The van der Waals surface area contributed by atoms with E-state index in [0.29, 0.717) is 35.2 Å². The second-order valence-electron chi connectivity index (χ2n) is 6.48. The number of nitrogens with zero attached hydrogens (tertiary/aromatic N) is 2. The van der Waals surface area contributed by atoms with Crippen LogP contribution in [0.4, 0.5) is 15.2 Å². The first kappa shape index (κ1) is 19.9. The summed E-state index contributed by atoms with van der Waals surface area (Å²) in [5.41, 5.74) is 2.26. The molecule has 1 aliphatic heterocycles. The second kappa shape index (κ2) is 8.52. The Morgan fingerprint density at radius 1 is 1.34 bits per heavy atom. The van der Waals surface area contributed by atoms with Crippen molar-refractivity contribution < 1.29 is 18.7 Å². The standard InChI is InChI=1S/C20H19ClFN3O3S/c1-27-16-5-4-15(25-6-8-28-9-7-25)18-17(16)23-20(29-18)24-19(26)12-2-3-13(11-21)14(22)10-12/h2-5,10H,6-9,11H2,1H3,(H,23,24,26). The Morgan fingerprint density at radius 2 is 2.14 bits per heavy atom. The van der Waals surface area contributed by atoms with Gasteiger partial charge in [0.15, 0.2) is 5.13 Å². The number of thiazole rings is 1. The summed E-state index contributed by atoms with van der Waals surface area (Å²) in [6.07, 6.45) is 0. The molecule has 1 aliphatic rings. The Morgan fingerprint density at radius 3 is 2.83 bits per heavy atom. The van der Waals surface area contributed by atoms with Gasteiger partial charge in [-0.2, -0.15) is 0 Å². The first-order valence-electron chi connectivity index (χ1n) is 9.06. The van der Waals surface area contributed by atoms with Crippen molar-refractivity contribution in [2.45, 2.75) is 5.88 Å². The maximum atomic E-state index is 14.0. The van der Waals surface area contributed by atoms with Gasteiger partial charge in [0.2, 0.25) is 0 Å². The average Bonchev–Trinajstić information content (AvgIpc) is 3.17. The highest BCUT2D eigenvalue weighted by Crippen LogP contribution is 2.39. The molecule has 6 nitrogen and oxygen atoms in total. The quantitative estimate of drug-likeness (QED) is 0.606. The summed E-state index contributed by atoms with van der Waals surface area (Å²) in [5, 5.41) is 3.19. The van der Waals surface area contributed by atoms with Gasteiger partial charge >= 0.3 is 0 Å². The van der Waals surface area contributed by atoms with Crippen LogP contribution in [-0.4, -0.2) is 44.3 Å². The fourth-order valence-electron chi connectivity index (χ4n) is 3.21. The molecule has 152 valence electrons. The summed E-state index contributed by atoms with van der Waals surface area (Å²) in [7, 11) is 1.59. The van der Waals surface area contributed by atoms with Crippen molar-refractivity contribution in [1.29, 1.82) is 0 Å². The lowest BCUT2D eigenvalue weighted by Crippen LogP contribution is -2.36. The average molecular weight is 436 g/mol. The highest BCUT2D eigenvalue weighted by Gasteiger charge is 2.20. The molecule has 1 aromatic heterocycles. The first-order chi connectivity index (χ1) is 14.1. The number of hydrogen-bond acceptors (Lipinski definition) is 6. The number of carbonyl (C=O) groups excluding carboxylic acids is 1. The Hall–Kier alpha value is -2.42. The van der Waals surface area contributed by atoms with Gasteiger partial charge in [-0.25, -0.2) is 9.37 Å². The van der Waals surface area contributed by atoms with E-state index < -0.39 is 11.7 Å². The number of ether oxygens (including phenoxy) is 2. The van der Waals surface area contributed by atoms with Crippen molar-refractivity contribution in [2.75, 3.05) is 43.6 Å². The zero-order valence-electron chi connectivity index (χ0n) is 15.7. The summed E-state index contributed by atoms with van der Waals surface area (Å²) >= 11 is 7.04. The number of benzene rings is 2. The minimum atomic E-state index is -0.506. The molecule has 0 atom stereocenters. The normalized spacial score (nSPS) is 14.2. The second-order valence-corrected chi connectivity index (χ2v) is 7.74. The molecule has 0 saturated carbocycles. The summed E-state index contributed by atoms with van der Waals surface area (Å²) in [5.74, 6) is -0.258. The molecule has 0 spiro atoms. The van der Waals surface area contributed by atoms with Crippen LogP contribution in [0, 0.1) is 5.82 Å². The number of carbonyl (C=O) groups is 1. The molecule has 0 aliphatic carbocycles. The number of aromatic nitrogens is 1. The van der Waals surface area contributed by atoms with Crippen molar-refractivity contribution in [3.63, 3.8) is 0 Å². The van der Waals surface area contributed by atoms with E-state index in [1.807, 2.05) is 12.1 Å². The van der Waals surface area contributed by atoms with Gasteiger partial charge in [-0.1, -0.05) is 17.4 Å². The van der Waals surface area contributed by atoms with E-state index in [1.165, 1.54) is 23.5 Å². The number of nitrogens with one attached hydrogen (secondary N) is 1. The molecule has 1 N–H and O–H groups in total. The SMILES string of the molecule is COc1ccc(N2CCOCC2)c2sc(NC(=O)c3ccc(CCl)c(F)c3)nc12. The van der Waals surface area contributed by atoms with Crippen LogP contribution in [0.25, 0.3) is 10.2 Å². The first-order valence-corrected chi connectivity index (χ1v) is 10.4. The number of halogens is 2. The third-order valence-corrected chi connectivity index (χ3v) is 6.02. The largest absolute Gasteiger partial charge is 0.494 e. The number of fused-ring (bicyclic) bond motifs is 1. The molecule has 9 heteroatoms. The van der Waals surface area contributed by atoms with Crippen LogP contribution in [0.1, 0.15) is 15.9 Å². The van der Waals surface area contributed by atoms with E-state index >= 15 is 0 Å². The molecule has 1 amide bonds. The van der Waals surface area contributed by atoms with Crippen LogP contribution in [-0.2, 0) is 10.6 Å². The lowest BCUT2D eigenvalue weighted by molar-refractivity contribution is 0.102. The van der Waals surface area contributed by atoms with Crippen LogP contribution in [0.3, 0.4) is 0 Å². The van der Waals surface area contributed by atoms with Gasteiger partial charge in [0, 0.05) is 24.2 Å². The third kappa shape index (κ3) is 4.01. The number of amides is 1. The van der Waals surface area contributed by atoms with Crippen molar-refractivity contribution in [2.24, 2.45) is 0 Å². The molecule has 3 aromatic rings. The fourth-order valence-corrected chi connectivity index (χ4v) is 4.44. The minimum absolute atomic E-state index is 0.0513. The Balaban J connectivity index is 1.65. The van der Waals surface area contributed by atoms with Crippen molar-refractivity contribution in [3.05, 3.63) is 47.3 Å². The van der Waals surface area contributed by atoms with Gasteiger partial charge in [-0.15, -0.1) is 11.6 Å². The Kier molecular flexibility index (Phi) is 5.84. The van der Waals surface area contributed by atoms with Gasteiger partial charge in [0.05, 0.1) is 36.6 Å². The van der Waals surface area contributed by atoms with E-state index in [9.17, 15) is 9.18 Å². The molecule has 29 heavy (non-hydrogen) atoms. The molecule has 1 saturated heterocycles. The molecule has 0 radical (unpaired) electrons. The molecule has 0 bridgehead atoms. The van der Waals surface area contributed by atoms with E-state index in [1.54, 1.807) is 13.2 Å².